The quantitative estimate of drug-likeness (QED) is 0.145. The molecule has 6 atom stereocenters. The van der Waals surface area contributed by atoms with Crippen LogP contribution in [0.5, 0.6) is 0 Å². The summed E-state index contributed by atoms with van der Waals surface area (Å²) in [6.07, 6.45) is -2.14. The maximum Gasteiger partial charge on any atom is 0.184 e. The maximum atomic E-state index is 7.09. The third-order valence-corrected chi connectivity index (χ3v) is 10.4. The summed E-state index contributed by atoms with van der Waals surface area (Å²) in [5.74, 6) is 0. The van der Waals surface area contributed by atoms with E-state index in [9.17, 15) is 0 Å². The molecule has 2 fully saturated rings. The predicted octanol–water partition coefficient (Wildman–Crippen LogP) is 9.40. The van der Waals surface area contributed by atoms with Crippen molar-refractivity contribution in [1.29, 1.82) is 0 Å². The molecule has 0 unspecified atom stereocenters. The first-order valence-electron chi connectivity index (χ1n) is 16.6. The smallest absolute Gasteiger partial charge is 0.184 e. The van der Waals surface area contributed by atoms with Crippen molar-refractivity contribution in [2.24, 2.45) is 0 Å². The Morgan fingerprint density at radius 1 is 0.646 bits per heavy atom. The average molecular weight is 655 g/mol. The molecule has 0 amide bonds. The largest absolute Gasteiger partial charge is 0.368 e. The number of aryl methyl sites for hydroxylation is 1. The number of fused-ring (bicyclic) bond motifs is 3. The number of hydrogen-bond donors (Lipinski definition) is 0. The van der Waals surface area contributed by atoms with Gasteiger partial charge in [0, 0.05) is 10.5 Å². The molecule has 0 bridgehead atoms. The van der Waals surface area contributed by atoms with Crippen LogP contribution in [-0.2, 0) is 36.9 Å². The number of ether oxygens (including phenoxy) is 5. The van der Waals surface area contributed by atoms with Crippen LogP contribution >= 0.6 is 11.8 Å². The highest BCUT2D eigenvalue weighted by Gasteiger charge is 2.51. The number of benzene rings is 6. The van der Waals surface area contributed by atoms with Crippen LogP contribution in [0.1, 0.15) is 28.5 Å². The van der Waals surface area contributed by atoms with E-state index in [1.54, 1.807) is 11.8 Å². The van der Waals surface area contributed by atoms with Gasteiger partial charge in [0.2, 0.25) is 0 Å². The molecule has 48 heavy (non-hydrogen) atoms. The summed E-state index contributed by atoms with van der Waals surface area (Å²) in [7, 11) is 0. The maximum absolute atomic E-state index is 7.09. The molecule has 0 saturated carbocycles. The molecule has 2 heterocycles. The fraction of sp³-hybridized carbons (Fsp3) is 0.238. The van der Waals surface area contributed by atoms with E-state index in [0.29, 0.717) is 19.8 Å². The van der Waals surface area contributed by atoms with E-state index in [4.69, 9.17) is 23.7 Å². The predicted molar refractivity (Wildman–Crippen MR) is 191 cm³/mol. The topological polar surface area (TPSA) is 46.2 Å². The Labute approximate surface area is 285 Å². The van der Waals surface area contributed by atoms with Crippen molar-refractivity contribution in [1.82, 2.24) is 0 Å². The highest BCUT2D eigenvalue weighted by atomic mass is 32.2. The van der Waals surface area contributed by atoms with Crippen molar-refractivity contribution in [3.63, 3.8) is 0 Å². The molecule has 0 aromatic heterocycles. The lowest BCUT2D eigenvalue weighted by atomic mass is 9.96. The van der Waals surface area contributed by atoms with Gasteiger partial charge in [0.05, 0.1) is 19.8 Å². The number of hydrogen-bond acceptors (Lipinski definition) is 6. The van der Waals surface area contributed by atoms with Crippen LogP contribution in [0.15, 0.2) is 144 Å². The average Bonchev–Trinajstić information content (AvgIpc) is 3.14. The van der Waals surface area contributed by atoms with E-state index in [1.807, 2.05) is 48.5 Å². The van der Waals surface area contributed by atoms with Gasteiger partial charge in [-0.15, -0.1) is 0 Å². The molecule has 0 N–H and O–H groups in total. The minimum Gasteiger partial charge on any atom is -0.368 e. The molecule has 2 aliphatic rings. The highest BCUT2D eigenvalue weighted by molar-refractivity contribution is 7.99. The summed E-state index contributed by atoms with van der Waals surface area (Å²) in [6, 6.07) is 48.2. The molecule has 6 heteroatoms. The van der Waals surface area contributed by atoms with Gasteiger partial charge in [0.1, 0.15) is 29.9 Å². The zero-order valence-electron chi connectivity index (χ0n) is 26.8. The fourth-order valence-corrected chi connectivity index (χ4v) is 7.87. The van der Waals surface area contributed by atoms with Gasteiger partial charge in [-0.2, -0.15) is 0 Å². The van der Waals surface area contributed by atoms with E-state index in [-0.39, 0.29) is 11.5 Å². The lowest BCUT2D eigenvalue weighted by Gasteiger charge is -2.49. The van der Waals surface area contributed by atoms with E-state index in [0.717, 1.165) is 21.6 Å². The number of rotatable bonds is 9. The lowest BCUT2D eigenvalue weighted by molar-refractivity contribution is -0.329. The molecule has 5 nitrogen and oxygen atoms in total. The van der Waals surface area contributed by atoms with Crippen LogP contribution in [-0.4, -0.2) is 36.5 Å². The first kappa shape index (κ1) is 31.3. The minimum atomic E-state index is -0.525. The zero-order chi connectivity index (χ0) is 32.3. The molecule has 2 aliphatic heterocycles. The van der Waals surface area contributed by atoms with Gasteiger partial charge in [-0.05, 0) is 57.8 Å². The van der Waals surface area contributed by atoms with Gasteiger partial charge in [-0.1, -0.05) is 139 Å². The Balaban J connectivity index is 1.17. The van der Waals surface area contributed by atoms with E-state index < -0.39 is 24.6 Å². The summed E-state index contributed by atoms with van der Waals surface area (Å²) < 4.78 is 33.9. The van der Waals surface area contributed by atoms with Gasteiger partial charge in [-0.3, -0.25) is 0 Å². The second-order valence-electron chi connectivity index (χ2n) is 12.5. The molecule has 0 spiro atoms. The van der Waals surface area contributed by atoms with Crippen molar-refractivity contribution >= 4 is 33.3 Å². The molecular weight excluding hydrogens is 617 g/mol. The highest BCUT2D eigenvalue weighted by Crippen LogP contribution is 2.42. The van der Waals surface area contributed by atoms with Crippen LogP contribution in [0, 0.1) is 6.92 Å². The van der Waals surface area contributed by atoms with Gasteiger partial charge in [0.15, 0.2) is 6.29 Å². The molecule has 0 aliphatic carbocycles. The van der Waals surface area contributed by atoms with Crippen molar-refractivity contribution in [3.05, 3.63) is 162 Å². The van der Waals surface area contributed by atoms with Crippen LogP contribution in [0.3, 0.4) is 0 Å². The SMILES string of the molecule is Cc1ccc(S[C@@H]2O[C@@H]3CO[C@@H](c4ccccc4)O[C@H]3[C@H](OCc3ccccc3)[C@H]2OCc2c3ccccc3cc3ccccc23)cc1. The lowest BCUT2D eigenvalue weighted by Crippen LogP contribution is -2.62. The van der Waals surface area contributed by atoms with Crippen LogP contribution in [0.2, 0.25) is 0 Å². The molecule has 6 aromatic rings. The molecule has 8 rings (SSSR count). The van der Waals surface area contributed by atoms with Crippen molar-refractivity contribution < 1.29 is 23.7 Å². The second-order valence-corrected chi connectivity index (χ2v) is 13.7. The fourth-order valence-electron chi connectivity index (χ4n) is 6.75. The first-order chi connectivity index (χ1) is 23.7. The summed E-state index contributed by atoms with van der Waals surface area (Å²) >= 11 is 1.66. The minimum absolute atomic E-state index is 0.327. The van der Waals surface area contributed by atoms with E-state index >= 15 is 0 Å². The molecule has 0 radical (unpaired) electrons. The summed E-state index contributed by atoms with van der Waals surface area (Å²) in [4.78, 5) is 1.11. The normalized spacial score (nSPS) is 24.0. The Morgan fingerprint density at radius 3 is 1.98 bits per heavy atom. The Kier molecular flexibility index (Phi) is 9.27. The Bertz CT molecular complexity index is 1910. The van der Waals surface area contributed by atoms with Crippen molar-refractivity contribution in [2.75, 3.05) is 6.61 Å². The van der Waals surface area contributed by atoms with E-state index in [2.05, 4.69) is 97.9 Å². The zero-order valence-corrected chi connectivity index (χ0v) is 27.6. The monoisotopic (exact) mass is 654 g/mol. The standard InChI is InChI=1S/C42H38O5S/c1-28-20-22-33(23-21-28)48-42-40(44-26-36-34-18-10-8-16-31(34)24-32-17-9-11-19-35(32)36)39(43-25-29-12-4-2-5-13-29)38-37(46-42)27-45-41(47-38)30-14-6-3-7-15-30/h2-24,37-42H,25-27H2,1H3/t37-,38-,39+,40-,41-,42+/m1/s1. The van der Waals surface area contributed by atoms with Gasteiger partial charge in [0.25, 0.3) is 0 Å². The summed E-state index contributed by atoms with van der Waals surface area (Å²) in [5, 5.41) is 4.75. The molecule has 242 valence electrons. The molecule has 2 saturated heterocycles. The summed E-state index contributed by atoms with van der Waals surface area (Å²) in [5.41, 5.74) is 4.06. The van der Waals surface area contributed by atoms with Crippen LogP contribution in [0.25, 0.3) is 21.5 Å². The van der Waals surface area contributed by atoms with Gasteiger partial charge < -0.3 is 23.7 Å². The van der Waals surface area contributed by atoms with Crippen molar-refractivity contribution in [3.8, 4) is 0 Å². The number of thioether (sulfide) groups is 1. The third-order valence-electron chi connectivity index (χ3n) is 9.22. The second kappa shape index (κ2) is 14.2. The van der Waals surface area contributed by atoms with Crippen molar-refractivity contribution in [2.45, 2.75) is 61.2 Å². The van der Waals surface area contributed by atoms with Gasteiger partial charge in [-0.25, -0.2) is 0 Å². The Morgan fingerprint density at radius 2 is 1.27 bits per heavy atom. The van der Waals surface area contributed by atoms with E-state index in [1.165, 1.54) is 27.1 Å². The first-order valence-corrected chi connectivity index (χ1v) is 17.4. The summed E-state index contributed by atoms with van der Waals surface area (Å²) in [6.45, 7) is 3.31. The molecular formula is C42H38O5S. The Hall–Kier alpha value is -4.01. The van der Waals surface area contributed by atoms with Crippen LogP contribution < -0.4 is 0 Å². The van der Waals surface area contributed by atoms with Gasteiger partial charge >= 0.3 is 0 Å². The van der Waals surface area contributed by atoms with Crippen LogP contribution in [0.4, 0.5) is 0 Å². The third kappa shape index (κ3) is 6.65. The molecule has 6 aromatic carbocycles.